The summed E-state index contributed by atoms with van der Waals surface area (Å²) in [7, 11) is 0. The van der Waals surface area contributed by atoms with E-state index in [0.717, 1.165) is 74.5 Å². The minimum Gasteiger partial charge on any atom is -0.486 e. The quantitative estimate of drug-likeness (QED) is 0.268. The van der Waals surface area contributed by atoms with Gasteiger partial charge in [-0.05, 0) is 101 Å². The Kier molecular flexibility index (Phi) is 8.13. The largest absolute Gasteiger partial charge is 0.486 e. The Balaban J connectivity index is 1.65. The maximum Gasteiger partial charge on any atom is 0.335 e. The van der Waals surface area contributed by atoms with Crippen LogP contribution in [0.4, 0.5) is 5.69 Å². The number of nitrogens with zero attached hydrogens (tertiary/aromatic N) is 1. The number of unbranched alkanes of at least 4 members (excludes halogenated alkanes) is 1. The number of ether oxygens (including phenoxy) is 1. The Bertz CT molecular complexity index is 1280. The fourth-order valence-corrected chi connectivity index (χ4v) is 7.77. The summed E-state index contributed by atoms with van der Waals surface area (Å²) < 4.78 is 7.29. The van der Waals surface area contributed by atoms with Crippen LogP contribution >= 0.6 is 11.6 Å². The summed E-state index contributed by atoms with van der Waals surface area (Å²) in [6, 6.07) is 11.7. The van der Waals surface area contributed by atoms with Crippen LogP contribution in [0.2, 0.25) is 5.02 Å². The lowest BCUT2D eigenvalue weighted by atomic mass is 9.67. The summed E-state index contributed by atoms with van der Waals surface area (Å²) in [4.78, 5) is 12.2. The standard InChI is InChI=1S/C34H44ClNO4/c1-5-6-7-10-30(37)27-14-11-25(27)20-36(33(2,3)4)21-34(17-8-9-23-18-26(35)13-15-28(23)34)22-40-31-16-12-24(32(38)39)19-29(31)36/h7,10,12-13,15-16,18-19,25,27,30,37H,5-6,8-9,11,14,17,20-22H2,1-4H3/p+1/b10-7+/t25-,27+,30+,34?,36?/m0/s1. The first kappa shape index (κ1) is 29.2. The van der Waals surface area contributed by atoms with Gasteiger partial charge in [0.1, 0.15) is 6.61 Å². The van der Waals surface area contributed by atoms with Crippen LogP contribution in [0.1, 0.15) is 87.7 Å². The highest BCUT2D eigenvalue weighted by Crippen LogP contribution is 2.52. The zero-order valence-corrected chi connectivity index (χ0v) is 25.2. The van der Waals surface area contributed by atoms with Crippen LogP contribution in [0.3, 0.4) is 0 Å². The van der Waals surface area contributed by atoms with Crippen molar-refractivity contribution >= 4 is 23.3 Å². The van der Waals surface area contributed by atoms with Crippen molar-refractivity contribution in [1.82, 2.24) is 4.48 Å². The Morgan fingerprint density at radius 2 is 2.02 bits per heavy atom. The second kappa shape index (κ2) is 11.2. The number of quaternary nitrogens is 1. The zero-order chi connectivity index (χ0) is 28.7. The van der Waals surface area contributed by atoms with Crippen LogP contribution in [0, 0.1) is 11.8 Å². The van der Waals surface area contributed by atoms with Gasteiger partial charge in [-0.2, -0.15) is 0 Å². The molecule has 1 heterocycles. The molecule has 2 aromatic carbocycles. The Morgan fingerprint density at radius 1 is 1.23 bits per heavy atom. The molecule has 5 nitrogen and oxygen atoms in total. The van der Waals surface area contributed by atoms with E-state index in [1.54, 1.807) is 6.07 Å². The van der Waals surface area contributed by atoms with E-state index in [1.165, 1.54) is 11.1 Å². The SMILES string of the molecule is CCC/C=C/[C@@H](O)[C@@H]1CC[C@H]1C[N+]1(C(C)(C)C)CC2(CCCc3cc(Cl)ccc32)COc2ccc(C(=O)O)cc21. The van der Waals surface area contributed by atoms with Gasteiger partial charge in [0.2, 0.25) is 0 Å². The first-order valence-corrected chi connectivity index (χ1v) is 15.4. The molecule has 2 aliphatic carbocycles. The van der Waals surface area contributed by atoms with Gasteiger partial charge in [0.05, 0.1) is 35.7 Å². The summed E-state index contributed by atoms with van der Waals surface area (Å²) in [5.41, 5.74) is 3.37. The molecule has 6 heteroatoms. The number of benzene rings is 2. The van der Waals surface area contributed by atoms with Gasteiger partial charge < -0.3 is 14.9 Å². The van der Waals surface area contributed by atoms with Gasteiger partial charge in [-0.15, -0.1) is 0 Å². The van der Waals surface area contributed by atoms with Crippen molar-refractivity contribution in [3.05, 3.63) is 70.3 Å². The van der Waals surface area contributed by atoms with Gasteiger partial charge in [0, 0.05) is 17.0 Å². The van der Waals surface area contributed by atoms with Crippen LogP contribution in [-0.4, -0.2) is 47.5 Å². The lowest BCUT2D eigenvalue weighted by molar-refractivity contribution is -0.00370. The maximum absolute atomic E-state index is 12.2. The Labute approximate surface area is 244 Å². The number of aromatic carboxylic acids is 1. The molecule has 1 spiro atoms. The van der Waals surface area contributed by atoms with Crippen LogP contribution in [0.25, 0.3) is 0 Å². The van der Waals surface area contributed by atoms with Crippen molar-refractivity contribution in [1.29, 1.82) is 0 Å². The molecule has 40 heavy (non-hydrogen) atoms. The summed E-state index contributed by atoms with van der Waals surface area (Å²) in [5.74, 6) is 0.376. The molecular formula is C34H45ClNO4+. The van der Waals surface area contributed by atoms with Crippen molar-refractivity contribution in [3.8, 4) is 5.75 Å². The van der Waals surface area contributed by atoms with E-state index in [2.05, 4.69) is 45.9 Å². The Morgan fingerprint density at radius 3 is 2.70 bits per heavy atom. The van der Waals surface area contributed by atoms with Crippen molar-refractivity contribution in [2.75, 3.05) is 19.7 Å². The van der Waals surface area contributed by atoms with Gasteiger partial charge in [-0.25, -0.2) is 4.79 Å². The third-order valence-electron chi connectivity index (χ3n) is 10.0. The number of carbonyl (C=O) groups is 1. The molecule has 216 valence electrons. The molecule has 3 aliphatic rings. The van der Waals surface area contributed by atoms with Crippen molar-refractivity contribution < 1.29 is 19.7 Å². The van der Waals surface area contributed by atoms with Gasteiger partial charge in [-0.1, -0.05) is 43.2 Å². The fourth-order valence-electron chi connectivity index (χ4n) is 7.57. The first-order chi connectivity index (χ1) is 19.0. The van der Waals surface area contributed by atoms with Gasteiger partial charge in [0.25, 0.3) is 0 Å². The van der Waals surface area contributed by atoms with E-state index in [4.69, 9.17) is 16.3 Å². The smallest absolute Gasteiger partial charge is 0.335 e. The minimum atomic E-state index is -0.926. The molecule has 5 rings (SSSR count). The normalized spacial score (nSPS) is 28.8. The highest BCUT2D eigenvalue weighted by molar-refractivity contribution is 6.30. The Hall–Kier alpha value is -2.34. The van der Waals surface area contributed by atoms with Crippen LogP contribution in [0.5, 0.6) is 5.75 Å². The van der Waals surface area contributed by atoms with E-state index < -0.39 is 12.1 Å². The number of carboxylic acids is 1. The highest BCUT2D eigenvalue weighted by atomic mass is 35.5. The summed E-state index contributed by atoms with van der Waals surface area (Å²) in [6.07, 6.45) is 10.8. The molecule has 0 saturated heterocycles. The monoisotopic (exact) mass is 566 g/mol. The van der Waals surface area contributed by atoms with Crippen molar-refractivity contribution in [2.45, 2.75) is 89.7 Å². The van der Waals surface area contributed by atoms with E-state index >= 15 is 0 Å². The average Bonchev–Trinajstić information content (AvgIpc) is 3.02. The second-order valence-electron chi connectivity index (χ2n) is 13.4. The number of fused-ring (bicyclic) bond motifs is 3. The van der Waals surface area contributed by atoms with E-state index in [0.29, 0.717) is 17.0 Å². The lowest BCUT2D eigenvalue weighted by Crippen LogP contribution is -2.69. The summed E-state index contributed by atoms with van der Waals surface area (Å²) >= 11 is 6.45. The van der Waals surface area contributed by atoms with Crippen LogP contribution in [-0.2, 0) is 11.8 Å². The van der Waals surface area contributed by atoms with E-state index in [1.807, 2.05) is 24.3 Å². The number of aliphatic hydroxyl groups excluding tert-OH is 1. The zero-order valence-electron chi connectivity index (χ0n) is 24.5. The molecule has 5 atom stereocenters. The fraction of sp³-hybridized carbons (Fsp3) is 0.559. The highest BCUT2D eigenvalue weighted by Gasteiger charge is 2.56. The van der Waals surface area contributed by atoms with Gasteiger partial charge in [-0.3, -0.25) is 4.48 Å². The minimum absolute atomic E-state index is 0.203. The first-order valence-electron chi connectivity index (χ1n) is 15.0. The summed E-state index contributed by atoms with van der Waals surface area (Å²) in [5, 5.41) is 21.9. The number of hydrogen-bond donors (Lipinski definition) is 2. The molecule has 0 bridgehead atoms. The molecular weight excluding hydrogens is 522 g/mol. The molecule has 1 saturated carbocycles. The predicted octanol–water partition coefficient (Wildman–Crippen LogP) is 7.55. The van der Waals surface area contributed by atoms with Gasteiger partial charge >= 0.3 is 5.97 Å². The van der Waals surface area contributed by atoms with Crippen molar-refractivity contribution in [3.63, 3.8) is 0 Å². The molecule has 1 fully saturated rings. The molecule has 0 aromatic heterocycles. The van der Waals surface area contributed by atoms with Crippen LogP contribution in [0.15, 0.2) is 48.6 Å². The third kappa shape index (κ3) is 5.21. The van der Waals surface area contributed by atoms with Crippen LogP contribution < -0.4 is 9.22 Å². The maximum atomic E-state index is 12.2. The summed E-state index contributed by atoms with van der Waals surface area (Å²) in [6.45, 7) is 11.2. The van der Waals surface area contributed by atoms with Gasteiger partial charge in [0.15, 0.2) is 11.4 Å². The number of hydrogen-bond acceptors (Lipinski definition) is 3. The molecule has 0 amide bonds. The van der Waals surface area contributed by atoms with E-state index in [9.17, 15) is 15.0 Å². The number of allylic oxidation sites excluding steroid dienone is 1. The molecule has 2 unspecified atom stereocenters. The molecule has 1 aliphatic heterocycles. The number of aryl methyl sites for hydroxylation is 1. The molecule has 2 aromatic rings. The van der Waals surface area contributed by atoms with E-state index in [-0.39, 0.29) is 22.4 Å². The average molecular weight is 567 g/mol. The lowest BCUT2D eigenvalue weighted by Gasteiger charge is -2.55. The predicted molar refractivity (Wildman–Crippen MR) is 163 cm³/mol. The number of carboxylic acid groups (broad SMARTS) is 1. The number of halogens is 1. The van der Waals surface area contributed by atoms with Crippen molar-refractivity contribution in [2.24, 2.45) is 11.8 Å². The second-order valence-corrected chi connectivity index (χ2v) is 13.8. The third-order valence-corrected chi connectivity index (χ3v) is 10.3. The number of rotatable bonds is 7. The number of aliphatic hydroxyl groups is 1. The molecule has 0 radical (unpaired) electrons. The topological polar surface area (TPSA) is 66.8 Å². The molecule has 2 N–H and O–H groups in total.